The molecular formula is C16H20BN2O2. The Bertz CT molecular complexity index is 463. The van der Waals surface area contributed by atoms with E-state index < -0.39 is 12.5 Å². The molecule has 109 valence electrons. The van der Waals surface area contributed by atoms with Gasteiger partial charge in [0.15, 0.2) is 0 Å². The molecule has 4 nitrogen and oxygen atoms in total. The van der Waals surface area contributed by atoms with Gasteiger partial charge in [-0.1, -0.05) is 60.7 Å². The van der Waals surface area contributed by atoms with Crippen molar-refractivity contribution in [1.29, 1.82) is 0 Å². The van der Waals surface area contributed by atoms with Crippen LogP contribution in [0.4, 0.5) is 0 Å². The van der Waals surface area contributed by atoms with Crippen LogP contribution in [-0.2, 0) is 22.2 Å². The van der Waals surface area contributed by atoms with Gasteiger partial charge in [-0.3, -0.25) is 0 Å². The summed E-state index contributed by atoms with van der Waals surface area (Å²) in [4.78, 5) is 0. The Balaban J connectivity index is 1.64. The SMILES string of the molecule is NC(Cc1ccccc1)O[B]OC(N)Cc1ccccc1. The zero-order valence-corrected chi connectivity index (χ0v) is 11.9. The van der Waals surface area contributed by atoms with E-state index in [1.165, 1.54) is 7.69 Å². The normalized spacial score (nSPS) is 13.6. The van der Waals surface area contributed by atoms with Gasteiger partial charge in [-0.05, 0) is 11.1 Å². The molecule has 0 saturated carbocycles. The maximum atomic E-state index is 5.87. The topological polar surface area (TPSA) is 70.5 Å². The highest BCUT2D eigenvalue weighted by molar-refractivity contribution is 6.18. The molecule has 0 aliphatic heterocycles. The van der Waals surface area contributed by atoms with Crippen LogP contribution in [-0.4, -0.2) is 20.1 Å². The fourth-order valence-corrected chi connectivity index (χ4v) is 1.96. The lowest BCUT2D eigenvalue weighted by Crippen LogP contribution is -2.34. The van der Waals surface area contributed by atoms with Crippen LogP contribution >= 0.6 is 0 Å². The molecule has 2 aromatic rings. The Hall–Kier alpha value is -1.66. The van der Waals surface area contributed by atoms with Crippen LogP contribution in [0.15, 0.2) is 60.7 Å². The van der Waals surface area contributed by atoms with Gasteiger partial charge < -0.3 is 20.8 Å². The first-order chi connectivity index (χ1) is 10.2. The maximum Gasteiger partial charge on any atom is 0.490 e. The third kappa shape index (κ3) is 6.10. The van der Waals surface area contributed by atoms with Crippen molar-refractivity contribution in [2.75, 3.05) is 0 Å². The first-order valence-corrected chi connectivity index (χ1v) is 6.95. The van der Waals surface area contributed by atoms with Crippen LogP contribution in [0.2, 0.25) is 0 Å². The average Bonchev–Trinajstić information content (AvgIpc) is 2.49. The summed E-state index contributed by atoms with van der Waals surface area (Å²) in [6.45, 7) is 0. The summed E-state index contributed by atoms with van der Waals surface area (Å²) >= 11 is 0. The molecule has 2 rings (SSSR count). The predicted octanol–water partition coefficient (Wildman–Crippen LogP) is 1.61. The summed E-state index contributed by atoms with van der Waals surface area (Å²) in [5, 5.41) is 0. The van der Waals surface area contributed by atoms with Gasteiger partial charge in [0.05, 0.1) is 12.5 Å². The highest BCUT2D eigenvalue weighted by Crippen LogP contribution is 2.04. The summed E-state index contributed by atoms with van der Waals surface area (Å²) in [7, 11) is 1.24. The summed E-state index contributed by atoms with van der Waals surface area (Å²) < 4.78 is 10.6. The van der Waals surface area contributed by atoms with Crippen molar-refractivity contribution in [2.24, 2.45) is 11.5 Å². The van der Waals surface area contributed by atoms with Crippen molar-refractivity contribution in [2.45, 2.75) is 25.3 Å². The van der Waals surface area contributed by atoms with E-state index in [2.05, 4.69) is 0 Å². The molecule has 0 aliphatic rings. The van der Waals surface area contributed by atoms with E-state index in [9.17, 15) is 0 Å². The molecule has 0 fully saturated rings. The number of benzene rings is 2. The standard InChI is InChI=1S/C16H20BN2O2/c18-15(11-13-7-3-1-4-8-13)20-17-21-16(19)12-14-9-5-2-6-10-14/h1-10,15-16H,11-12,18-19H2. The molecule has 4 N–H and O–H groups in total. The molecule has 0 aromatic heterocycles. The van der Waals surface area contributed by atoms with E-state index in [1.807, 2.05) is 60.7 Å². The van der Waals surface area contributed by atoms with E-state index >= 15 is 0 Å². The molecular weight excluding hydrogens is 263 g/mol. The molecule has 0 amide bonds. The maximum absolute atomic E-state index is 5.87. The van der Waals surface area contributed by atoms with E-state index in [0.717, 1.165) is 11.1 Å². The Labute approximate surface area is 126 Å². The molecule has 0 bridgehead atoms. The first kappa shape index (κ1) is 15.7. The van der Waals surface area contributed by atoms with Crippen LogP contribution in [0.5, 0.6) is 0 Å². The van der Waals surface area contributed by atoms with Gasteiger partial charge in [0, 0.05) is 12.8 Å². The lowest BCUT2D eigenvalue weighted by Gasteiger charge is -2.16. The third-order valence-corrected chi connectivity index (χ3v) is 3.02. The summed E-state index contributed by atoms with van der Waals surface area (Å²) in [6.07, 6.45) is 0.344. The molecule has 5 heteroatoms. The van der Waals surface area contributed by atoms with Crippen molar-refractivity contribution < 1.29 is 9.31 Å². The largest absolute Gasteiger partial charge is 0.490 e. The van der Waals surface area contributed by atoms with Crippen LogP contribution in [0.25, 0.3) is 0 Å². The van der Waals surface area contributed by atoms with Crippen molar-refractivity contribution >= 4 is 7.69 Å². The zero-order valence-electron chi connectivity index (χ0n) is 11.9. The van der Waals surface area contributed by atoms with E-state index in [-0.39, 0.29) is 0 Å². The van der Waals surface area contributed by atoms with E-state index in [4.69, 9.17) is 20.8 Å². The molecule has 0 aliphatic carbocycles. The van der Waals surface area contributed by atoms with E-state index in [0.29, 0.717) is 12.8 Å². The number of rotatable bonds is 8. The molecule has 0 spiro atoms. The van der Waals surface area contributed by atoms with Crippen LogP contribution < -0.4 is 11.5 Å². The molecule has 2 aromatic carbocycles. The van der Waals surface area contributed by atoms with Crippen molar-refractivity contribution in [3.8, 4) is 0 Å². The quantitative estimate of drug-likeness (QED) is 0.570. The fraction of sp³-hybridized carbons (Fsp3) is 0.250. The smallest absolute Gasteiger partial charge is 0.397 e. The molecule has 0 heterocycles. The van der Waals surface area contributed by atoms with Gasteiger partial charge in [0.2, 0.25) is 0 Å². The average molecular weight is 283 g/mol. The van der Waals surface area contributed by atoms with Gasteiger partial charge in [-0.2, -0.15) is 0 Å². The lowest BCUT2D eigenvalue weighted by molar-refractivity contribution is 0.124. The summed E-state index contributed by atoms with van der Waals surface area (Å²) in [5.41, 5.74) is 14.0. The summed E-state index contributed by atoms with van der Waals surface area (Å²) in [6, 6.07) is 19.8. The number of hydrogen-bond acceptors (Lipinski definition) is 4. The zero-order chi connectivity index (χ0) is 14.9. The Morgan fingerprint density at radius 1 is 0.714 bits per heavy atom. The van der Waals surface area contributed by atoms with Gasteiger partial charge >= 0.3 is 7.69 Å². The summed E-state index contributed by atoms with van der Waals surface area (Å²) in [5.74, 6) is 0. The highest BCUT2D eigenvalue weighted by Gasteiger charge is 2.09. The predicted molar refractivity (Wildman–Crippen MR) is 84.2 cm³/mol. The van der Waals surface area contributed by atoms with E-state index in [1.54, 1.807) is 0 Å². The molecule has 2 unspecified atom stereocenters. The fourth-order valence-electron chi connectivity index (χ4n) is 1.96. The van der Waals surface area contributed by atoms with Crippen molar-refractivity contribution in [3.05, 3.63) is 71.8 Å². The van der Waals surface area contributed by atoms with Gasteiger partial charge in [-0.25, -0.2) is 0 Å². The van der Waals surface area contributed by atoms with Crippen LogP contribution in [0.1, 0.15) is 11.1 Å². The number of nitrogens with two attached hydrogens (primary N) is 2. The third-order valence-electron chi connectivity index (χ3n) is 3.02. The second-order valence-corrected chi connectivity index (χ2v) is 4.82. The van der Waals surface area contributed by atoms with Crippen molar-refractivity contribution in [1.82, 2.24) is 0 Å². The second-order valence-electron chi connectivity index (χ2n) is 4.82. The number of hydrogen-bond donors (Lipinski definition) is 2. The highest BCUT2D eigenvalue weighted by atomic mass is 16.6. The molecule has 1 radical (unpaired) electrons. The Kier molecular flexibility index (Phi) is 6.43. The molecule has 21 heavy (non-hydrogen) atoms. The monoisotopic (exact) mass is 283 g/mol. The minimum absolute atomic E-state index is 0.448. The first-order valence-electron chi connectivity index (χ1n) is 6.95. The molecule has 0 saturated heterocycles. The minimum Gasteiger partial charge on any atom is -0.397 e. The second kappa shape index (κ2) is 8.59. The van der Waals surface area contributed by atoms with Crippen LogP contribution in [0.3, 0.4) is 0 Å². The van der Waals surface area contributed by atoms with Gasteiger partial charge in [0.1, 0.15) is 0 Å². The molecule has 2 atom stereocenters. The van der Waals surface area contributed by atoms with Gasteiger partial charge in [0.25, 0.3) is 0 Å². The Morgan fingerprint density at radius 3 is 1.48 bits per heavy atom. The van der Waals surface area contributed by atoms with Crippen molar-refractivity contribution in [3.63, 3.8) is 0 Å². The lowest BCUT2D eigenvalue weighted by atomic mass is 10.1. The Morgan fingerprint density at radius 2 is 1.10 bits per heavy atom. The van der Waals surface area contributed by atoms with Gasteiger partial charge in [-0.15, -0.1) is 0 Å². The van der Waals surface area contributed by atoms with Crippen LogP contribution in [0, 0.1) is 0 Å². The minimum atomic E-state index is -0.448.